The minimum Gasteiger partial charge on any atom is -0.506 e. The highest BCUT2D eigenvalue weighted by Crippen LogP contribution is 2.33. The fraction of sp³-hybridized carbons (Fsp3) is 0.111. The molecule has 0 aromatic heterocycles. The van der Waals surface area contributed by atoms with Crippen LogP contribution >= 0.6 is 31.9 Å². The molecule has 6 heteroatoms. The summed E-state index contributed by atoms with van der Waals surface area (Å²) >= 11 is 6.29. The van der Waals surface area contributed by atoms with E-state index in [-0.39, 0.29) is 11.4 Å². The van der Waals surface area contributed by atoms with Crippen molar-refractivity contribution < 1.29 is 10.0 Å². The zero-order valence-corrected chi connectivity index (χ0v) is 10.9. The molecule has 4 nitrogen and oxygen atoms in total. The molecule has 0 fully saturated rings. The van der Waals surface area contributed by atoms with Crippen LogP contribution in [0.3, 0.4) is 0 Å². The molecule has 15 heavy (non-hydrogen) atoms. The molecule has 0 unspecified atom stereocenters. The Labute approximate surface area is 103 Å². The number of nitro groups is 1. The van der Waals surface area contributed by atoms with Gasteiger partial charge in [-0.05, 0) is 49.6 Å². The van der Waals surface area contributed by atoms with E-state index >= 15 is 0 Å². The molecule has 1 N–H and O–H groups in total. The van der Waals surface area contributed by atoms with Crippen molar-refractivity contribution in [1.82, 2.24) is 0 Å². The van der Waals surface area contributed by atoms with Crippen molar-refractivity contribution in [2.75, 3.05) is 0 Å². The number of nitrogens with zero attached hydrogens (tertiary/aromatic N) is 1. The first-order valence-corrected chi connectivity index (χ1v) is 5.51. The van der Waals surface area contributed by atoms with E-state index in [1.54, 1.807) is 12.1 Å². The van der Waals surface area contributed by atoms with Crippen molar-refractivity contribution in [3.05, 3.63) is 42.5 Å². The number of phenols is 1. The zero-order chi connectivity index (χ0) is 11.6. The number of benzene rings is 1. The Balaban J connectivity index is 3.18. The van der Waals surface area contributed by atoms with Crippen LogP contribution < -0.4 is 0 Å². The molecule has 0 saturated carbocycles. The van der Waals surface area contributed by atoms with E-state index in [0.29, 0.717) is 14.5 Å². The van der Waals surface area contributed by atoms with E-state index in [2.05, 4.69) is 31.9 Å². The third-order valence-corrected chi connectivity index (χ3v) is 2.91. The monoisotopic (exact) mass is 335 g/mol. The molecule has 0 spiro atoms. The van der Waals surface area contributed by atoms with Crippen LogP contribution in [0.25, 0.3) is 6.08 Å². The van der Waals surface area contributed by atoms with Crippen LogP contribution in [0, 0.1) is 10.1 Å². The van der Waals surface area contributed by atoms with E-state index in [4.69, 9.17) is 0 Å². The molecular formula is C9H7Br2NO3. The lowest BCUT2D eigenvalue weighted by atomic mass is 10.2. The average molecular weight is 337 g/mol. The van der Waals surface area contributed by atoms with Gasteiger partial charge in [-0.3, -0.25) is 10.1 Å². The second-order valence-corrected chi connectivity index (χ2v) is 4.58. The van der Waals surface area contributed by atoms with Gasteiger partial charge in [0.25, 0.3) is 0 Å². The summed E-state index contributed by atoms with van der Waals surface area (Å²) in [6.45, 7) is 1.41. The van der Waals surface area contributed by atoms with Gasteiger partial charge in [0.15, 0.2) is 0 Å². The predicted octanol–water partition coefficient (Wildman–Crippen LogP) is 3.55. The van der Waals surface area contributed by atoms with Crippen molar-refractivity contribution in [1.29, 1.82) is 0 Å². The molecule has 0 radical (unpaired) electrons. The number of hydrogen-bond donors (Lipinski definition) is 1. The van der Waals surface area contributed by atoms with Crippen molar-refractivity contribution in [2.24, 2.45) is 0 Å². The Kier molecular flexibility index (Phi) is 3.87. The normalized spacial score (nSPS) is 11.5. The van der Waals surface area contributed by atoms with Gasteiger partial charge in [-0.15, -0.1) is 0 Å². The van der Waals surface area contributed by atoms with Crippen LogP contribution in [0.2, 0.25) is 0 Å². The third-order valence-electron chi connectivity index (χ3n) is 1.70. The first-order valence-electron chi connectivity index (χ1n) is 3.92. The molecule has 1 rings (SSSR count). The quantitative estimate of drug-likeness (QED) is 0.663. The first-order chi connectivity index (χ1) is 6.91. The highest BCUT2D eigenvalue weighted by Gasteiger charge is 2.07. The lowest BCUT2D eigenvalue weighted by Crippen LogP contribution is -1.93. The summed E-state index contributed by atoms with van der Waals surface area (Å²) in [6.07, 6.45) is 1.43. The Morgan fingerprint density at radius 3 is 2.33 bits per heavy atom. The van der Waals surface area contributed by atoms with Crippen LogP contribution in [0.1, 0.15) is 12.5 Å². The molecule has 1 aromatic carbocycles. The second kappa shape index (κ2) is 4.76. The van der Waals surface area contributed by atoms with E-state index in [9.17, 15) is 15.2 Å². The summed E-state index contributed by atoms with van der Waals surface area (Å²) in [6, 6.07) is 3.21. The Morgan fingerprint density at radius 2 is 1.93 bits per heavy atom. The smallest absolute Gasteiger partial charge is 0.243 e. The number of halogens is 2. The second-order valence-electron chi connectivity index (χ2n) is 2.88. The highest BCUT2D eigenvalue weighted by atomic mass is 79.9. The molecular weight excluding hydrogens is 330 g/mol. The molecule has 0 atom stereocenters. The maximum absolute atomic E-state index is 10.4. The zero-order valence-electron chi connectivity index (χ0n) is 7.70. The van der Waals surface area contributed by atoms with Crippen LogP contribution in [-0.2, 0) is 0 Å². The van der Waals surface area contributed by atoms with Crippen LogP contribution in [0.4, 0.5) is 0 Å². The number of allylic oxidation sites excluding steroid dienone is 1. The number of hydrogen-bond acceptors (Lipinski definition) is 3. The van der Waals surface area contributed by atoms with Gasteiger partial charge >= 0.3 is 0 Å². The first kappa shape index (κ1) is 12.2. The molecule has 0 aliphatic carbocycles. The lowest BCUT2D eigenvalue weighted by molar-refractivity contribution is -0.422. The fourth-order valence-electron chi connectivity index (χ4n) is 0.962. The van der Waals surface area contributed by atoms with E-state index in [1.165, 1.54) is 13.0 Å². The molecule has 0 heterocycles. The van der Waals surface area contributed by atoms with Crippen molar-refractivity contribution in [3.63, 3.8) is 0 Å². The van der Waals surface area contributed by atoms with Gasteiger partial charge < -0.3 is 5.11 Å². The van der Waals surface area contributed by atoms with Gasteiger partial charge in [0.2, 0.25) is 5.70 Å². The minimum absolute atomic E-state index is 0.0412. The van der Waals surface area contributed by atoms with Crippen molar-refractivity contribution in [2.45, 2.75) is 6.92 Å². The summed E-state index contributed by atoms with van der Waals surface area (Å²) in [5, 5.41) is 19.8. The van der Waals surface area contributed by atoms with Gasteiger partial charge in [0.1, 0.15) is 5.75 Å². The Bertz CT molecular complexity index is 420. The molecule has 0 amide bonds. The Morgan fingerprint density at radius 1 is 1.47 bits per heavy atom. The van der Waals surface area contributed by atoms with Crippen molar-refractivity contribution in [3.8, 4) is 5.75 Å². The van der Waals surface area contributed by atoms with Crippen LogP contribution in [-0.4, -0.2) is 10.0 Å². The number of aromatic hydroxyl groups is 1. The molecule has 1 aromatic rings. The molecule has 0 saturated heterocycles. The van der Waals surface area contributed by atoms with E-state index in [1.807, 2.05) is 0 Å². The van der Waals surface area contributed by atoms with Gasteiger partial charge in [-0.1, -0.05) is 0 Å². The van der Waals surface area contributed by atoms with Gasteiger partial charge in [0, 0.05) is 13.0 Å². The average Bonchev–Trinajstić information content (AvgIpc) is 2.13. The number of rotatable bonds is 2. The summed E-state index contributed by atoms with van der Waals surface area (Å²) in [5.41, 5.74) is 0.681. The predicted molar refractivity (Wildman–Crippen MR) is 64.2 cm³/mol. The molecule has 0 aliphatic rings. The van der Waals surface area contributed by atoms with E-state index in [0.717, 1.165) is 0 Å². The summed E-state index contributed by atoms with van der Waals surface area (Å²) in [7, 11) is 0. The summed E-state index contributed by atoms with van der Waals surface area (Å²) in [4.78, 5) is 9.94. The van der Waals surface area contributed by atoms with Gasteiger partial charge in [-0.2, -0.15) is 0 Å². The van der Waals surface area contributed by atoms with Crippen molar-refractivity contribution >= 4 is 37.9 Å². The van der Waals surface area contributed by atoms with E-state index < -0.39 is 4.92 Å². The van der Waals surface area contributed by atoms with Crippen LogP contribution in [0.5, 0.6) is 5.75 Å². The molecule has 0 bridgehead atoms. The Hall–Kier alpha value is -0.880. The molecule has 0 aliphatic heterocycles. The fourth-order valence-corrected chi connectivity index (χ4v) is 2.18. The van der Waals surface area contributed by atoms with Crippen LogP contribution in [0.15, 0.2) is 26.8 Å². The van der Waals surface area contributed by atoms with Gasteiger partial charge in [-0.25, -0.2) is 0 Å². The summed E-state index contributed by atoms with van der Waals surface area (Å²) < 4.78 is 0.971. The maximum Gasteiger partial charge on any atom is 0.243 e. The standard InChI is InChI=1S/C9H7Br2NO3/c1-5(12(14)15)2-6-3-7(10)9(13)8(11)4-6/h2-4,13H,1H3. The maximum atomic E-state index is 10.4. The van der Waals surface area contributed by atoms with Gasteiger partial charge in [0.05, 0.1) is 13.9 Å². The number of phenolic OH excluding ortho intramolecular Hbond substituents is 1. The summed E-state index contributed by atoms with van der Waals surface area (Å²) in [5.74, 6) is 0.0749. The third kappa shape index (κ3) is 3.04. The molecule has 80 valence electrons. The minimum atomic E-state index is -0.464. The topological polar surface area (TPSA) is 63.4 Å². The highest BCUT2D eigenvalue weighted by molar-refractivity contribution is 9.11. The largest absolute Gasteiger partial charge is 0.506 e. The lowest BCUT2D eigenvalue weighted by Gasteiger charge is -2.01. The SMILES string of the molecule is CC(=Cc1cc(Br)c(O)c(Br)c1)[N+](=O)[O-].